The number of ether oxygens (including phenoxy) is 1. The van der Waals surface area contributed by atoms with Crippen molar-refractivity contribution in [2.75, 3.05) is 25.4 Å². The summed E-state index contributed by atoms with van der Waals surface area (Å²) in [5, 5.41) is 0. The molecule has 1 aromatic heterocycles. The van der Waals surface area contributed by atoms with Gasteiger partial charge in [-0.15, -0.1) is 11.8 Å². The fourth-order valence-corrected chi connectivity index (χ4v) is 4.35. The van der Waals surface area contributed by atoms with Gasteiger partial charge >= 0.3 is 0 Å². The van der Waals surface area contributed by atoms with Gasteiger partial charge in [-0.05, 0) is 48.9 Å². The highest BCUT2D eigenvalue weighted by atomic mass is 32.2. The smallest absolute Gasteiger partial charge is 0.279 e. The van der Waals surface area contributed by atoms with Crippen LogP contribution in [0.5, 0.6) is 5.75 Å². The molecule has 0 aliphatic carbocycles. The molecular formula is C19H20N2O2S3. The Morgan fingerprint density at radius 3 is 2.62 bits per heavy atom. The largest absolute Gasteiger partial charge is 0.497 e. The molecule has 1 heterocycles. The highest BCUT2D eigenvalue weighted by Gasteiger charge is 2.10. The number of rotatable bonds is 6. The number of benzene rings is 2. The number of carbonyl (C=O) groups excluding carboxylic acids is 1. The van der Waals surface area contributed by atoms with Gasteiger partial charge in [-0.25, -0.2) is 0 Å². The molecule has 0 bridgehead atoms. The Hall–Kier alpha value is -1.70. The maximum atomic E-state index is 12.6. The van der Waals surface area contributed by atoms with Gasteiger partial charge in [0.2, 0.25) is 0 Å². The lowest BCUT2D eigenvalue weighted by molar-refractivity contribution is 0.0998. The highest BCUT2D eigenvalue weighted by molar-refractivity contribution is 7.98. The number of hydrogen-bond donors (Lipinski definition) is 0. The third-order valence-electron chi connectivity index (χ3n) is 3.94. The van der Waals surface area contributed by atoms with Gasteiger partial charge in [0.15, 0.2) is 4.80 Å². The normalized spacial score (nSPS) is 11.9. The molecule has 3 rings (SSSR count). The van der Waals surface area contributed by atoms with E-state index < -0.39 is 0 Å². The van der Waals surface area contributed by atoms with Gasteiger partial charge in [0, 0.05) is 28.8 Å². The number of fused-ring (bicyclic) bond motifs is 1. The number of amides is 1. The number of thioether (sulfide) groups is 2. The predicted molar refractivity (Wildman–Crippen MR) is 113 cm³/mol. The third kappa shape index (κ3) is 4.16. The molecule has 0 spiro atoms. The number of hydrogen-bond acceptors (Lipinski definition) is 5. The zero-order chi connectivity index (χ0) is 18.5. The first-order chi connectivity index (χ1) is 12.7. The van der Waals surface area contributed by atoms with Crippen molar-refractivity contribution in [1.82, 2.24) is 4.57 Å². The fraction of sp³-hybridized carbons (Fsp3) is 0.263. The molecule has 0 saturated carbocycles. The van der Waals surface area contributed by atoms with Crippen LogP contribution < -0.4 is 9.54 Å². The Morgan fingerprint density at radius 1 is 1.19 bits per heavy atom. The molecule has 26 heavy (non-hydrogen) atoms. The molecule has 0 fully saturated rings. The lowest BCUT2D eigenvalue weighted by Crippen LogP contribution is -2.18. The maximum Gasteiger partial charge on any atom is 0.279 e. The van der Waals surface area contributed by atoms with E-state index >= 15 is 0 Å². The SMILES string of the molecule is COc1ccc2sc(=NC(=O)c3ccc(SC)cc3)n(CCSC)c2c1. The van der Waals surface area contributed by atoms with Crippen LogP contribution in [0.1, 0.15) is 10.4 Å². The molecule has 0 radical (unpaired) electrons. The van der Waals surface area contributed by atoms with Gasteiger partial charge in [-0.2, -0.15) is 16.8 Å². The molecule has 0 aliphatic heterocycles. The average molecular weight is 405 g/mol. The van der Waals surface area contributed by atoms with Crippen LogP contribution in [0.15, 0.2) is 52.4 Å². The molecule has 0 atom stereocenters. The molecule has 136 valence electrons. The zero-order valence-electron chi connectivity index (χ0n) is 14.9. The van der Waals surface area contributed by atoms with Crippen LogP contribution in [0.3, 0.4) is 0 Å². The van der Waals surface area contributed by atoms with Crippen LogP contribution in [-0.4, -0.2) is 35.8 Å². The van der Waals surface area contributed by atoms with E-state index in [1.807, 2.05) is 48.7 Å². The van der Waals surface area contributed by atoms with Gasteiger partial charge in [-0.1, -0.05) is 11.3 Å². The van der Waals surface area contributed by atoms with E-state index in [1.54, 1.807) is 30.6 Å². The van der Waals surface area contributed by atoms with Gasteiger partial charge in [0.1, 0.15) is 5.75 Å². The van der Waals surface area contributed by atoms with Crippen LogP contribution in [0, 0.1) is 0 Å². The first-order valence-electron chi connectivity index (χ1n) is 8.05. The Kier molecular flexibility index (Phi) is 6.45. The maximum absolute atomic E-state index is 12.6. The first kappa shape index (κ1) is 19.1. The Bertz CT molecular complexity index is 975. The van der Waals surface area contributed by atoms with Crippen LogP contribution in [0.25, 0.3) is 10.2 Å². The lowest BCUT2D eigenvalue weighted by Gasteiger charge is -2.05. The van der Waals surface area contributed by atoms with Gasteiger partial charge in [0.25, 0.3) is 5.91 Å². The number of carbonyl (C=O) groups is 1. The van der Waals surface area contributed by atoms with E-state index in [4.69, 9.17) is 4.74 Å². The Labute approximate surface area is 165 Å². The van der Waals surface area contributed by atoms with E-state index in [0.717, 1.165) is 38.0 Å². The van der Waals surface area contributed by atoms with Crippen molar-refractivity contribution < 1.29 is 9.53 Å². The minimum absolute atomic E-state index is 0.214. The van der Waals surface area contributed by atoms with E-state index in [2.05, 4.69) is 15.8 Å². The number of aryl methyl sites for hydroxylation is 1. The molecule has 0 aliphatic rings. The highest BCUT2D eigenvalue weighted by Crippen LogP contribution is 2.23. The molecule has 4 nitrogen and oxygen atoms in total. The molecule has 0 N–H and O–H groups in total. The van der Waals surface area contributed by atoms with Crippen LogP contribution in [0.4, 0.5) is 0 Å². The van der Waals surface area contributed by atoms with Gasteiger partial charge in [-0.3, -0.25) is 4.79 Å². The summed E-state index contributed by atoms with van der Waals surface area (Å²) in [4.78, 5) is 18.9. The molecule has 3 aromatic rings. The topological polar surface area (TPSA) is 43.6 Å². The number of aromatic nitrogens is 1. The summed E-state index contributed by atoms with van der Waals surface area (Å²) in [6.07, 6.45) is 4.09. The number of thiazole rings is 1. The number of methoxy groups -OCH3 is 1. The average Bonchev–Trinajstić information content (AvgIpc) is 3.02. The Balaban J connectivity index is 2.06. The van der Waals surface area contributed by atoms with E-state index in [-0.39, 0.29) is 5.91 Å². The van der Waals surface area contributed by atoms with Crippen molar-refractivity contribution in [3.05, 3.63) is 52.8 Å². The molecule has 0 unspecified atom stereocenters. The van der Waals surface area contributed by atoms with Crippen LogP contribution >= 0.6 is 34.9 Å². The quantitative estimate of drug-likeness (QED) is 0.566. The lowest BCUT2D eigenvalue weighted by atomic mass is 10.2. The van der Waals surface area contributed by atoms with Crippen LogP contribution in [0.2, 0.25) is 0 Å². The predicted octanol–water partition coefficient (Wildman–Crippen LogP) is 4.54. The van der Waals surface area contributed by atoms with Gasteiger partial charge in [0.05, 0.1) is 17.3 Å². The van der Waals surface area contributed by atoms with Gasteiger partial charge < -0.3 is 9.30 Å². The molecule has 0 saturated heterocycles. The summed E-state index contributed by atoms with van der Waals surface area (Å²) in [5.74, 6) is 1.54. The van der Waals surface area contributed by atoms with Crippen molar-refractivity contribution >= 4 is 51.0 Å². The summed E-state index contributed by atoms with van der Waals surface area (Å²) in [6.45, 7) is 0.797. The fourth-order valence-electron chi connectivity index (χ4n) is 2.54. The standard InChI is InChI=1S/C19H20N2O2S3/c1-23-14-6-9-17-16(12-14)21(10-11-24-2)19(26-17)20-18(22)13-4-7-15(25-3)8-5-13/h4-9,12H,10-11H2,1-3H3. The zero-order valence-corrected chi connectivity index (χ0v) is 17.3. The first-order valence-corrected chi connectivity index (χ1v) is 11.5. The summed E-state index contributed by atoms with van der Waals surface area (Å²) in [6, 6.07) is 13.5. The van der Waals surface area contributed by atoms with Crippen LogP contribution in [-0.2, 0) is 6.54 Å². The molecular weight excluding hydrogens is 384 g/mol. The second kappa shape index (κ2) is 8.79. The summed E-state index contributed by atoms with van der Waals surface area (Å²) in [7, 11) is 1.66. The van der Waals surface area contributed by atoms with Crippen molar-refractivity contribution in [2.45, 2.75) is 11.4 Å². The summed E-state index contributed by atoms with van der Waals surface area (Å²) < 4.78 is 8.55. The summed E-state index contributed by atoms with van der Waals surface area (Å²) in [5.41, 5.74) is 1.65. The molecule has 1 amide bonds. The summed E-state index contributed by atoms with van der Waals surface area (Å²) >= 11 is 4.95. The molecule has 2 aromatic carbocycles. The van der Waals surface area contributed by atoms with Crippen molar-refractivity contribution in [3.8, 4) is 5.75 Å². The second-order valence-electron chi connectivity index (χ2n) is 5.51. The third-order valence-corrected chi connectivity index (χ3v) is 6.34. The van der Waals surface area contributed by atoms with Crippen molar-refractivity contribution in [2.24, 2.45) is 4.99 Å². The molecule has 7 heteroatoms. The van der Waals surface area contributed by atoms with E-state index in [9.17, 15) is 4.79 Å². The minimum atomic E-state index is -0.214. The van der Waals surface area contributed by atoms with Crippen molar-refractivity contribution in [3.63, 3.8) is 0 Å². The number of nitrogens with zero attached hydrogens (tertiary/aromatic N) is 2. The Morgan fingerprint density at radius 2 is 1.96 bits per heavy atom. The van der Waals surface area contributed by atoms with E-state index in [1.165, 1.54) is 11.3 Å². The second-order valence-corrected chi connectivity index (χ2v) is 8.38. The monoisotopic (exact) mass is 404 g/mol. The minimum Gasteiger partial charge on any atom is -0.497 e. The van der Waals surface area contributed by atoms with E-state index in [0.29, 0.717) is 5.56 Å². The van der Waals surface area contributed by atoms with Crippen molar-refractivity contribution in [1.29, 1.82) is 0 Å².